The van der Waals surface area contributed by atoms with Crippen molar-refractivity contribution in [3.8, 4) is 0 Å². The Bertz CT molecular complexity index is 1110. The maximum Gasteiger partial charge on any atom is 0.251 e. The van der Waals surface area contributed by atoms with Crippen molar-refractivity contribution in [2.75, 3.05) is 31.6 Å². The van der Waals surface area contributed by atoms with Crippen LogP contribution in [0.4, 0.5) is 5.69 Å². The normalized spacial score (nSPS) is 30.7. The number of rotatable bonds is 9. The van der Waals surface area contributed by atoms with Gasteiger partial charge in [-0.25, -0.2) is 0 Å². The third-order valence-electron chi connectivity index (χ3n) is 8.26. The van der Waals surface area contributed by atoms with Crippen LogP contribution in [0, 0.1) is 24.7 Å². The van der Waals surface area contributed by atoms with Crippen molar-refractivity contribution in [2.45, 2.75) is 49.3 Å². The van der Waals surface area contributed by atoms with E-state index in [4.69, 9.17) is 11.6 Å². The third kappa shape index (κ3) is 4.12. The van der Waals surface area contributed by atoms with E-state index < -0.39 is 28.7 Å². The minimum absolute atomic E-state index is 0.0213. The Morgan fingerprint density at radius 3 is 2.57 bits per heavy atom. The number of aliphatic hydroxyl groups is 1. The van der Waals surface area contributed by atoms with Gasteiger partial charge in [-0.3, -0.25) is 14.4 Å². The van der Waals surface area contributed by atoms with Gasteiger partial charge in [0.2, 0.25) is 11.8 Å². The van der Waals surface area contributed by atoms with Crippen LogP contribution in [-0.4, -0.2) is 81.5 Å². The van der Waals surface area contributed by atoms with Gasteiger partial charge in [-0.15, -0.1) is 24.9 Å². The van der Waals surface area contributed by atoms with E-state index in [1.54, 1.807) is 58.7 Å². The topological polar surface area (TPSA) is 81.2 Å². The van der Waals surface area contributed by atoms with Gasteiger partial charge in [0.25, 0.3) is 5.91 Å². The first-order chi connectivity index (χ1) is 17.6. The number of carbonyl (C=O) groups excluding carboxylic acids is 3. The molecule has 4 rings (SSSR count). The average Bonchev–Trinajstić information content (AvgIpc) is 3.45. The molecule has 3 unspecified atom stereocenters. The summed E-state index contributed by atoms with van der Waals surface area (Å²) >= 11 is 8.22. The third-order valence-corrected chi connectivity index (χ3v) is 10.6. The Balaban J connectivity index is 1.86. The SMILES string of the molecule is C=CCN(C)C(=O)[C@@H]1[C@@H]2CC(C)C3(S2)C(C(=O)N(CC=C)c2c(C)cccc2Cl)N([C@H](C)CO)C(=O)[C@H]13. The Kier molecular flexibility index (Phi) is 7.84. The number of hydrogen-bond acceptors (Lipinski definition) is 5. The number of carbonyl (C=O) groups is 3. The smallest absolute Gasteiger partial charge is 0.251 e. The molecule has 0 saturated carbocycles. The molecule has 1 N–H and O–H groups in total. The van der Waals surface area contributed by atoms with Gasteiger partial charge >= 0.3 is 0 Å². The summed E-state index contributed by atoms with van der Waals surface area (Å²) in [6, 6.07) is 4.02. The van der Waals surface area contributed by atoms with Gasteiger partial charge in [0, 0.05) is 25.4 Å². The summed E-state index contributed by atoms with van der Waals surface area (Å²) in [5, 5.41) is 10.5. The highest BCUT2D eigenvalue weighted by atomic mass is 35.5. The van der Waals surface area contributed by atoms with E-state index in [1.165, 1.54) is 0 Å². The van der Waals surface area contributed by atoms with Crippen LogP contribution in [-0.2, 0) is 14.4 Å². The Labute approximate surface area is 228 Å². The second-order valence-corrected chi connectivity index (χ2v) is 12.4. The molecule has 1 spiro atoms. The minimum Gasteiger partial charge on any atom is -0.394 e. The number of benzene rings is 1. The van der Waals surface area contributed by atoms with Crippen LogP contribution in [0.25, 0.3) is 0 Å². The molecule has 37 heavy (non-hydrogen) atoms. The number of para-hydroxylation sites is 1. The lowest BCUT2D eigenvalue weighted by molar-refractivity contribution is -0.144. The van der Waals surface area contributed by atoms with E-state index in [2.05, 4.69) is 20.1 Å². The summed E-state index contributed by atoms with van der Waals surface area (Å²) in [6.07, 6.45) is 4.05. The Morgan fingerprint density at radius 2 is 1.97 bits per heavy atom. The number of thioether (sulfide) groups is 1. The lowest BCUT2D eigenvalue weighted by atomic mass is 9.65. The average molecular weight is 546 g/mol. The molecular formula is C28H36ClN3O4S. The highest BCUT2D eigenvalue weighted by Gasteiger charge is 2.76. The largest absolute Gasteiger partial charge is 0.394 e. The maximum absolute atomic E-state index is 14.6. The Morgan fingerprint density at radius 1 is 1.30 bits per heavy atom. The molecule has 200 valence electrons. The second-order valence-electron chi connectivity index (χ2n) is 10.5. The number of likely N-dealkylation sites (tertiary alicyclic amines) is 1. The van der Waals surface area contributed by atoms with Crippen molar-refractivity contribution in [3.05, 3.63) is 54.1 Å². The number of aliphatic hydroxyl groups excluding tert-OH is 1. The lowest BCUT2D eigenvalue weighted by Gasteiger charge is -2.42. The first-order valence-electron chi connectivity index (χ1n) is 12.7. The summed E-state index contributed by atoms with van der Waals surface area (Å²) in [5.74, 6) is -1.75. The van der Waals surface area contributed by atoms with Gasteiger partial charge in [0.1, 0.15) is 6.04 Å². The first-order valence-corrected chi connectivity index (χ1v) is 14.0. The molecule has 0 radical (unpaired) electrons. The standard InChI is InChI=1S/C28H36ClN3O4S/c1-7-12-30(6)25(34)21-20-14-17(4)28(37-20)22(21)26(35)32(18(5)15-33)24(28)27(36)31(13-8-2)23-16(3)10-9-11-19(23)29/h7-11,17-18,20-22,24,33H,1-2,12-15H2,3-6H3/t17?,18-,20+,21-,22+,24?,28?/m1/s1. The van der Waals surface area contributed by atoms with E-state index >= 15 is 0 Å². The number of nitrogens with zero attached hydrogens (tertiary/aromatic N) is 3. The second kappa shape index (κ2) is 10.5. The van der Waals surface area contributed by atoms with Gasteiger partial charge < -0.3 is 19.8 Å². The lowest BCUT2D eigenvalue weighted by Crippen LogP contribution is -2.59. The van der Waals surface area contributed by atoms with Crippen molar-refractivity contribution in [2.24, 2.45) is 17.8 Å². The van der Waals surface area contributed by atoms with Crippen LogP contribution in [0.5, 0.6) is 0 Å². The predicted molar refractivity (Wildman–Crippen MR) is 149 cm³/mol. The zero-order valence-corrected chi connectivity index (χ0v) is 23.5. The first kappa shape index (κ1) is 27.7. The fraction of sp³-hybridized carbons (Fsp3) is 0.536. The summed E-state index contributed by atoms with van der Waals surface area (Å²) in [5.41, 5.74) is 1.42. The van der Waals surface area contributed by atoms with Crippen LogP contribution in [0.2, 0.25) is 5.02 Å². The summed E-state index contributed by atoms with van der Waals surface area (Å²) in [7, 11) is 1.72. The van der Waals surface area contributed by atoms with Crippen molar-refractivity contribution in [3.63, 3.8) is 0 Å². The maximum atomic E-state index is 14.6. The van der Waals surface area contributed by atoms with Gasteiger partial charge in [0.05, 0.1) is 39.9 Å². The molecule has 0 aromatic heterocycles. The number of fused-ring (bicyclic) bond motifs is 1. The molecule has 1 aromatic carbocycles. The van der Waals surface area contributed by atoms with E-state index in [-0.39, 0.29) is 42.0 Å². The molecule has 3 aliphatic rings. The Hall–Kier alpha value is -2.29. The van der Waals surface area contributed by atoms with E-state index in [0.29, 0.717) is 17.3 Å². The molecule has 2 bridgehead atoms. The molecule has 3 fully saturated rings. The number of likely N-dealkylation sites (N-methyl/N-ethyl adjacent to an activating group) is 1. The number of anilines is 1. The van der Waals surface area contributed by atoms with E-state index in [9.17, 15) is 19.5 Å². The van der Waals surface area contributed by atoms with Crippen molar-refractivity contribution >= 4 is 46.8 Å². The van der Waals surface area contributed by atoms with Crippen molar-refractivity contribution in [1.82, 2.24) is 9.80 Å². The number of aryl methyl sites for hydroxylation is 1. The molecule has 7 atom stereocenters. The molecular weight excluding hydrogens is 510 g/mol. The number of amides is 3. The fourth-order valence-electron chi connectivity index (χ4n) is 6.65. The van der Waals surface area contributed by atoms with Gasteiger partial charge in [0.15, 0.2) is 0 Å². The van der Waals surface area contributed by atoms with Crippen molar-refractivity contribution in [1.29, 1.82) is 0 Å². The summed E-state index contributed by atoms with van der Waals surface area (Å²) in [4.78, 5) is 47.2. The van der Waals surface area contributed by atoms with Crippen LogP contribution in [0.15, 0.2) is 43.5 Å². The quantitative estimate of drug-likeness (QED) is 0.480. The highest BCUT2D eigenvalue weighted by molar-refractivity contribution is 8.02. The van der Waals surface area contributed by atoms with Crippen molar-refractivity contribution < 1.29 is 19.5 Å². The van der Waals surface area contributed by atoms with Crippen LogP contribution < -0.4 is 4.90 Å². The molecule has 3 saturated heterocycles. The number of halogens is 1. The zero-order chi connectivity index (χ0) is 27.2. The van der Waals surface area contributed by atoms with E-state index in [1.807, 2.05) is 19.1 Å². The highest BCUT2D eigenvalue weighted by Crippen LogP contribution is 2.69. The van der Waals surface area contributed by atoms with Gasteiger partial charge in [-0.05, 0) is 37.8 Å². The zero-order valence-electron chi connectivity index (χ0n) is 21.9. The van der Waals surface area contributed by atoms with Gasteiger partial charge in [-0.2, -0.15) is 0 Å². The molecule has 3 aliphatic heterocycles. The fourth-order valence-corrected chi connectivity index (χ4v) is 9.37. The molecule has 9 heteroatoms. The monoisotopic (exact) mass is 545 g/mol. The van der Waals surface area contributed by atoms with Crippen LogP contribution >= 0.6 is 23.4 Å². The summed E-state index contributed by atoms with van der Waals surface area (Å²) in [6.45, 7) is 13.6. The molecule has 1 aromatic rings. The minimum atomic E-state index is -0.852. The molecule has 3 amide bonds. The van der Waals surface area contributed by atoms with E-state index in [0.717, 1.165) is 12.0 Å². The summed E-state index contributed by atoms with van der Waals surface area (Å²) < 4.78 is -0.786. The van der Waals surface area contributed by atoms with Crippen LogP contribution in [0.1, 0.15) is 25.8 Å². The number of hydrogen-bond donors (Lipinski definition) is 1. The molecule has 7 nitrogen and oxygen atoms in total. The molecule has 3 heterocycles. The molecule has 0 aliphatic carbocycles. The van der Waals surface area contributed by atoms with Crippen LogP contribution in [0.3, 0.4) is 0 Å². The predicted octanol–water partition coefficient (Wildman–Crippen LogP) is 3.53. The van der Waals surface area contributed by atoms with Gasteiger partial charge in [-0.1, -0.05) is 42.8 Å².